The Hall–Kier alpha value is -1.36. The van der Waals surface area contributed by atoms with Crippen LogP contribution in [0.1, 0.15) is 71.6 Å². The molecular formula is C27H38F6O4. The predicted molar refractivity (Wildman–Crippen MR) is 126 cm³/mol. The van der Waals surface area contributed by atoms with Crippen LogP contribution in [0.25, 0.3) is 0 Å². The van der Waals surface area contributed by atoms with Crippen molar-refractivity contribution in [1.82, 2.24) is 0 Å². The molecule has 3 aliphatic rings. The van der Waals surface area contributed by atoms with E-state index in [-0.39, 0.29) is 36.0 Å². The SMILES string of the molecule is C=C1/C(=C\C=C2/CCC[C@]3(C)[C@@H]([C@H](C)C[C@H](O)CC(O)(C(F)(F)F)C(F)(F)F)CC[C@@H]23)C[C@@H](O)C[C@@H]1O. The normalized spacial score (nSPS) is 35.6. The van der Waals surface area contributed by atoms with E-state index >= 15 is 0 Å². The average Bonchev–Trinajstić information content (AvgIpc) is 3.11. The summed E-state index contributed by atoms with van der Waals surface area (Å²) >= 11 is 0. The summed E-state index contributed by atoms with van der Waals surface area (Å²) in [6.45, 7) is 7.78. The Bertz CT molecular complexity index is 894. The van der Waals surface area contributed by atoms with Crippen LogP contribution >= 0.6 is 0 Å². The fourth-order valence-corrected chi connectivity index (χ4v) is 7.09. The Morgan fingerprint density at radius 1 is 1.08 bits per heavy atom. The largest absolute Gasteiger partial charge is 0.426 e. The number of hydrogen-bond acceptors (Lipinski definition) is 4. The molecule has 3 saturated carbocycles. The predicted octanol–water partition coefficient (Wildman–Crippen LogP) is 5.76. The molecule has 4 nitrogen and oxygen atoms in total. The quantitative estimate of drug-likeness (QED) is 0.323. The standard InChI is InChI=1S/C27H38F6O4/c1-15(11-20(35)14-25(37,26(28,29)30)27(31,32)33)21-8-9-22-17(5-4-10-24(21,22)3)6-7-18-12-19(34)13-23(36)16(18)2/h6-7,15,19-23,34-37H,2,4-5,8-14H2,1,3H3/b17-6+,18-7-/t15-,19-,20+,21-,22+,23+,24-/m1/s1. The van der Waals surface area contributed by atoms with Crippen LogP contribution in [-0.4, -0.2) is 56.7 Å². The summed E-state index contributed by atoms with van der Waals surface area (Å²) in [5, 5.41) is 39.8. The fraction of sp³-hybridized carbons (Fsp3) is 0.778. The van der Waals surface area contributed by atoms with Gasteiger partial charge in [0.2, 0.25) is 0 Å². The first kappa shape index (κ1) is 30.2. The van der Waals surface area contributed by atoms with Gasteiger partial charge in [-0.1, -0.05) is 38.2 Å². The molecule has 3 aliphatic carbocycles. The minimum atomic E-state index is -5.95. The van der Waals surface area contributed by atoms with E-state index in [0.717, 1.165) is 37.7 Å². The van der Waals surface area contributed by atoms with Crippen LogP contribution in [0.4, 0.5) is 26.3 Å². The summed E-state index contributed by atoms with van der Waals surface area (Å²) in [6, 6.07) is 0. The summed E-state index contributed by atoms with van der Waals surface area (Å²) in [6.07, 6.45) is -8.72. The zero-order valence-electron chi connectivity index (χ0n) is 21.2. The van der Waals surface area contributed by atoms with Crippen molar-refractivity contribution in [2.45, 2.75) is 108 Å². The van der Waals surface area contributed by atoms with Gasteiger partial charge in [0.1, 0.15) is 0 Å². The van der Waals surface area contributed by atoms with Gasteiger partial charge in [-0.25, -0.2) is 0 Å². The minimum absolute atomic E-state index is 0.0124. The number of fused-ring (bicyclic) bond motifs is 1. The summed E-state index contributed by atoms with van der Waals surface area (Å²) in [7, 11) is 0. The first-order valence-corrected chi connectivity index (χ1v) is 12.9. The summed E-state index contributed by atoms with van der Waals surface area (Å²) in [5.41, 5.74) is -2.61. The molecule has 3 fully saturated rings. The van der Waals surface area contributed by atoms with Gasteiger partial charge in [0.05, 0.1) is 18.3 Å². The van der Waals surface area contributed by atoms with Crippen molar-refractivity contribution < 1.29 is 46.8 Å². The zero-order valence-corrected chi connectivity index (χ0v) is 21.2. The van der Waals surface area contributed by atoms with Crippen molar-refractivity contribution in [3.8, 4) is 0 Å². The molecule has 0 unspecified atom stereocenters. The number of hydrogen-bond donors (Lipinski definition) is 4. The number of halogens is 6. The highest BCUT2D eigenvalue weighted by molar-refractivity contribution is 5.38. The van der Waals surface area contributed by atoms with Crippen molar-refractivity contribution >= 4 is 0 Å². The van der Waals surface area contributed by atoms with E-state index in [1.165, 1.54) is 5.57 Å². The van der Waals surface area contributed by atoms with Crippen LogP contribution in [-0.2, 0) is 0 Å². The second-order valence-electron chi connectivity index (χ2n) is 11.6. The molecule has 4 N–H and O–H groups in total. The second-order valence-corrected chi connectivity index (χ2v) is 11.6. The minimum Gasteiger partial charge on any atom is -0.393 e. The van der Waals surface area contributed by atoms with E-state index in [1.807, 2.05) is 12.2 Å². The average molecular weight is 541 g/mol. The first-order chi connectivity index (χ1) is 16.9. The molecule has 37 heavy (non-hydrogen) atoms. The van der Waals surface area contributed by atoms with E-state index < -0.39 is 42.7 Å². The van der Waals surface area contributed by atoms with Gasteiger partial charge in [0.25, 0.3) is 5.60 Å². The lowest BCUT2D eigenvalue weighted by atomic mass is 9.60. The van der Waals surface area contributed by atoms with Crippen LogP contribution in [0, 0.1) is 23.2 Å². The smallest absolute Gasteiger partial charge is 0.393 e. The number of aliphatic hydroxyl groups is 4. The van der Waals surface area contributed by atoms with Crippen LogP contribution in [0.5, 0.6) is 0 Å². The van der Waals surface area contributed by atoms with Crippen LogP contribution in [0.3, 0.4) is 0 Å². The number of alkyl halides is 6. The van der Waals surface area contributed by atoms with Crippen LogP contribution in [0.15, 0.2) is 35.5 Å². The molecule has 0 heterocycles. The molecule has 0 radical (unpaired) electrons. The zero-order chi connectivity index (χ0) is 28.0. The Balaban J connectivity index is 1.73. The summed E-state index contributed by atoms with van der Waals surface area (Å²) in [4.78, 5) is 0. The van der Waals surface area contributed by atoms with Crippen molar-refractivity contribution in [3.05, 3.63) is 35.5 Å². The summed E-state index contributed by atoms with van der Waals surface area (Å²) in [5.74, 6) is -0.185. The molecule has 7 atom stereocenters. The Labute approximate surface area is 213 Å². The van der Waals surface area contributed by atoms with Crippen molar-refractivity contribution in [2.24, 2.45) is 23.2 Å². The Morgan fingerprint density at radius 2 is 1.70 bits per heavy atom. The third-order valence-electron chi connectivity index (χ3n) is 9.10. The highest BCUT2D eigenvalue weighted by Crippen LogP contribution is 2.60. The van der Waals surface area contributed by atoms with Gasteiger partial charge < -0.3 is 20.4 Å². The lowest BCUT2D eigenvalue weighted by Gasteiger charge is -2.45. The Morgan fingerprint density at radius 3 is 2.30 bits per heavy atom. The van der Waals surface area contributed by atoms with Gasteiger partial charge in [-0.15, -0.1) is 0 Å². The molecule has 10 heteroatoms. The van der Waals surface area contributed by atoms with Crippen LogP contribution < -0.4 is 0 Å². The highest BCUT2D eigenvalue weighted by Gasteiger charge is 2.70. The molecule has 0 spiro atoms. The topological polar surface area (TPSA) is 80.9 Å². The van der Waals surface area contributed by atoms with Crippen molar-refractivity contribution in [1.29, 1.82) is 0 Å². The van der Waals surface area contributed by atoms with E-state index in [4.69, 9.17) is 0 Å². The lowest BCUT2D eigenvalue weighted by molar-refractivity contribution is -0.374. The molecule has 0 bridgehead atoms. The molecule has 0 aromatic carbocycles. The maximum atomic E-state index is 13.1. The van der Waals surface area contributed by atoms with Crippen molar-refractivity contribution in [3.63, 3.8) is 0 Å². The van der Waals surface area contributed by atoms with Crippen molar-refractivity contribution in [2.75, 3.05) is 0 Å². The van der Waals surface area contributed by atoms with Gasteiger partial charge in [0, 0.05) is 12.8 Å². The van der Waals surface area contributed by atoms with E-state index in [2.05, 4.69) is 13.5 Å². The highest BCUT2D eigenvalue weighted by atomic mass is 19.4. The number of allylic oxidation sites excluding steroid dienone is 3. The summed E-state index contributed by atoms with van der Waals surface area (Å²) < 4.78 is 78.4. The van der Waals surface area contributed by atoms with Crippen LogP contribution in [0.2, 0.25) is 0 Å². The van der Waals surface area contributed by atoms with E-state index in [1.54, 1.807) is 6.92 Å². The van der Waals surface area contributed by atoms with Gasteiger partial charge in [-0.05, 0) is 79.3 Å². The maximum absolute atomic E-state index is 13.1. The molecule has 212 valence electrons. The molecular weight excluding hydrogens is 502 g/mol. The monoisotopic (exact) mass is 540 g/mol. The van der Waals surface area contributed by atoms with E-state index in [9.17, 15) is 46.8 Å². The van der Waals surface area contributed by atoms with E-state index in [0.29, 0.717) is 12.0 Å². The lowest BCUT2D eigenvalue weighted by Crippen LogP contribution is -2.58. The number of aliphatic hydroxyl groups excluding tert-OH is 3. The van der Waals surface area contributed by atoms with Gasteiger partial charge >= 0.3 is 12.4 Å². The second kappa shape index (κ2) is 10.7. The molecule has 0 saturated heterocycles. The Kier molecular flexibility index (Phi) is 8.70. The third kappa shape index (κ3) is 5.97. The molecule has 0 aromatic rings. The molecule has 0 aliphatic heterocycles. The third-order valence-corrected chi connectivity index (χ3v) is 9.10. The molecule has 3 rings (SSSR count). The van der Waals surface area contributed by atoms with Gasteiger partial charge in [0.15, 0.2) is 0 Å². The first-order valence-electron chi connectivity index (χ1n) is 12.9. The van der Waals surface area contributed by atoms with Gasteiger partial charge in [-0.2, -0.15) is 26.3 Å². The molecule has 0 amide bonds. The number of rotatable bonds is 6. The van der Waals surface area contributed by atoms with Gasteiger partial charge in [-0.3, -0.25) is 0 Å². The fourth-order valence-electron chi connectivity index (χ4n) is 7.09. The maximum Gasteiger partial charge on any atom is 0.426 e. The molecule has 0 aromatic heterocycles.